The minimum absolute atomic E-state index is 0.694. The third-order valence-electron chi connectivity index (χ3n) is 1.98. The van der Waals surface area contributed by atoms with E-state index in [1.165, 1.54) is 18.6 Å². The average Bonchev–Trinajstić information content (AvgIpc) is 2.01. The van der Waals surface area contributed by atoms with E-state index in [1.807, 2.05) is 11.8 Å². The molecule has 1 N–H and O–H groups in total. The van der Waals surface area contributed by atoms with Crippen molar-refractivity contribution in [2.24, 2.45) is 5.92 Å². The monoisotopic (exact) mass is 189 g/mol. The van der Waals surface area contributed by atoms with E-state index in [2.05, 4.69) is 32.3 Å². The van der Waals surface area contributed by atoms with Gasteiger partial charge in [0.25, 0.3) is 0 Å². The molecular formula is C10H23NS. The Labute approximate surface area is 81.7 Å². The molecule has 0 aromatic heterocycles. The Morgan fingerprint density at radius 2 is 1.83 bits per heavy atom. The molecule has 12 heavy (non-hydrogen) atoms. The molecule has 0 aromatic carbocycles. The van der Waals surface area contributed by atoms with E-state index >= 15 is 0 Å². The van der Waals surface area contributed by atoms with Crippen LogP contribution in [0.25, 0.3) is 0 Å². The molecule has 0 rings (SSSR count). The highest BCUT2D eigenvalue weighted by Crippen LogP contribution is 2.06. The molecule has 0 saturated heterocycles. The van der Waals surface area contributed by atoms with Gasteiger partial charge in [-0.25, -0.2) is 0 Å². The lowest BCUT2D eigenvalue weighted by molar-refractivity contribution is 0.460. The van der Waals surface area contributed by atoms with Crippen molar-refractivity contribution in [1.82, 2.24) is 5.32 Å². The fraction of sp³-hybridized carbons (Fsp3) is 1.00. The lowest BCUT2D eigenvalue weighted by atomic mass is 10.0. The molecule has 0 saturated carbocycles. The van der Waals surface area contributed by atoms with Crippen LogP contribution in [-0.4, -0.2) is 24.6 Å². The van der Waals surface area contributed by atoms with Gasteiger partial charge in [-0.3, -0.25) is 0 Å². The Hall–Kier alpha value is 0.310. The lowest BCUT2D eigenvalue weighted by Gasteiger charge is -2.14. The molecule has 0 aromatic rings. The summed E-state index contributed by atoms with van der Waals surface area (Å²) in [5.74, 6) is 2.07. The summed E-state index contributed by atoms with van der Waals surface area (Å²) in [7, 11) is 0. The molecule has 1 nitrogen and oxygen atoms in total. The molecule has 0 fully saturated rings. The topological polar surface area (TPSA) is 12.0 Å². The standard InChI is InChI=1S/C10H23NS/c1-9(2)5-6-10(3)11-7-8-12-4/h9-11H,5-8H2,1-4H3. The second kappa shape index (κ2) is 7.93. The van der Waals surface area contributed by atoms with Crippen molar-refractivity contribution in [1.29, 1.82) is 0 Å². The summed E-state index contributed by atoms with van der Waals surface area (Å²) >= 11 is 1.91. The molecule has 2 heteroatoms. The second-order valence-electron chi connectivity index (χ2n) is 3.82. The van der Waals surface area contributed by atoms with E-state index in [1.54, 1.807) is 0 Å². The van der Waals surface area contributed by atoms with E-state index in [0.29, 0.717) is 6.04 Å². The number of thioether (sulfide) groups is 1. The molecular weight excluding hydrogens is 166 g/mol. The van der Waals surface area contributed by atoms with Crippen molar-refractivity contribution in [3.8, 4) is 0 Å². The molecule has 0 aliphatic heterocycles. The zero-order valence-electron chi connectivity index (χ0n) is 8.89. The van der Waals surface area contributed by atoms with E-state index < -0.39 is 0 Å². The summed E-state index contributed by atoms with van der Waals surface area (Å²) in [6, 6.07) is 0.694. The van der Waals surface area contributed by atoms with E-state index in [9.17, 15) is 0 Å². The normalized spacial score (nSPS) is 13.8. The Bertz CT molecular complexity index is 93.8. The van der Waals surface area contributed by atoms with Crippen molar-refractivity contribution < 1.29 is 0 Å². The minimum atomic E-state index is 0.694. The minimum Gasteiger partial charge on any atom is -0.313 e. The fourth-order valence-corrected chi connectivity index (χ4v) is 1.41. The van der Waals surface area contributed by atoms with Crippen LogP contribution in [0.1, 0.15) is 33.6 Å². The summed E-state index contributed by atoms with van der Waals surface area (Å²) in [6.45, 7) is 8.01. The maximum absolute atomic E-state index is 3.52. The van der Waals surface area contributed by atoms with Crippen LogP contribution in [0.4, 0.5) is 0 Å². The van der Waals surface area contributed by atoms with Crippen LogP contribution in [0.5, 0.6) is 0 Å². The van der Waals surface area contributed by atoms with Crippen LogP contribution in [-0.2, 0) is 0 Å². The zero-order valence-corrected chi connectivity index (χ0v) is 9.71. The van der Waals surface area contributed by atoms with Gasteiger partial charge in [0.2, 0.25) is 0 Å². The first-order valence-corrected chi connectivity index (χ1v) is 6.28. The van der Waals surface area contributed by atoms with E-state index in [-0.39, 0.29) is 0 Å². The van der Waals surface area contributed by atoms with Gasteiger partial charge in [-0.15, -0.1) is 0 Å². The molecule has 0 bridgehead atoms. The van der Waals surface area contributed by atoms with Crippen molar-refractivity contribution >= 4 is 11.8 Å². The molecule has 0 aliphatic rings. The van der Waals surface area contributed by atoms with Gasteiger partial charge in [-0.1, -0.05) is 13.8 Å². The van der Waals surface area contributed by atoms with Gasteiger partial charge >= 0.3 is 0 Å². The molecule has 0 aliphatic carbocycles. The summed E-state index contributed by atoms with van der Waals surface area (Å²) in [5, 5.41) is 3.52. The molecule has 0 amide bonds. The number of hydrogen-bond donors (Lipinski definition) is 1. The first-order chi connectivity index (χ1) is 5.66. The average molecular weight is 189 g/mol. The quantitative estimate of drug-likeness (QED) is 0.618. The summed E-state index contributed by atoms with van der Waals surface area (Å²) in [5.41, 5.74) is 0. The van der Waals surface area contributed by atoms with Gasteiger partial charge in [0, 0.05) is 18.3 Å². The van der Waals surface area contributed by atoms with E-state index in [0.717, 1.165) is 12.5 Å². The molecule has 0 heterocycles. The Morgan fingerprint density at radius 1 is 1.17 bits per heavy atom. The summed E-state index contributed by atoms with van der Waals surface area (Å²) in [4.78, 5) is 0. The maximum atomic E-state index is 3.52. The highest BCUT2D eigenvalue weighted by Gasteiger charge is 2.01. The number of hydrogen-bond acceptors (Lipinski definition) is 2. The lowest BCUT2D eigenvalue weighted by Crippen LogP contribution is -2.28. The van der Waals surface area contributed by atoms with Crippen LogP contribution in [0, 0.1) is 5.92 Å². The van der Waals surface area contributed by atoms with E-state index in [4.69, 9.17) is 0 Å². The van der Waals surface area contributed by atoms with Crippen LogP contribution in [0.2, 0.25) is 0 Å². The highest BCUT2D eigenvalue weighted by atomic mass is 32.2. The van der Waals surface area contributed by atoms with Gasteiger partial charge in [0.15, 0.2) is 0 Å². The fourth-order valence-electron chi connectivity index (χ4n) is 1.09. The predicted molar refractivity (Wildman–Crippen MR) is 59.9 cm³/mol. The van der Waals surface area contributed by atoms with Crippen LogP contribution in [0.15, 0.2) is 0 Å². The summed E-state index contributed by atoms with van der Waals surface area (Å²) < 4.78 is 0. The molecule has 74 valence electrons. The molecule has 0 spiro atoms. The van der Waals surface area contributed by atoms with Crippen molar-refractivity contribution in [3.63, 3.8) is 0 Å². The van der Waals surface area contributed by atoms with Gasteiger partial charge in [-0.05, 0) is 31.9 Å². The number of rotatable bonds is 7. The van der Waals surface area contributed by atoms with Crippen molar-refractivity contribution in [2.45, 2.75) is 39.7 Å². The third-order valence-corrected chi connectivity index (χ3v) is 2.59. The first-order valence-electron chi connectivity index (χ1n) is 4.89. The smallest absolute Gasteiger partial charge is 0.00554 e. The Kier molecular flexibility index (Phi) is 8.14. The Balaban J connectivity index is 3.15. The highest BCUT2D eigenvalue weighted by molar-refractivity contribution is 7.98. The second-order valence-corrected chi connectivity index (χ2v) is 4.80. The van der Waals surface area contributed by atoms with Crippen LogP contribution in [0.3, 0.4) is 0 Å². The molecule has 1 unspecified atom stereocenters. The van der Waals surface area contributed by atoms with Crippen LogP contribution < -0.4 is 5.32 Å². The predicted octanol–water partition coefficient (Wildman–Crippen LogP) is 2.76. The summed E-state index contributed by atoms with van der Waals surface area (Å²) in [6.07, 6.45) is 4.81. The largest absolute Gasteiger partial charge is 0.313 e. The van der Waals surface area contributed by atoms with Crippen LogP contribution >= 0.6 is 11.8 Å². The third kappa shape index (κ3) is 8.41. The zero-order chi connectivity index (χ0) is 9.40. The molecule has 0 radical (unpaired) electrons. The maximum Gasteiger partial charge on any atom is 0.00554 e. The van der Waals surface area contributed by atoms with Crippen molar-refractivity contribution in [3.05, 3.63) is 0 Å². The SMILES string of the molecule is CSCCNC(C)CCC(C)C. The Morgan fingerprint density at radius 3 is 2.33 bits per heavy atom. The van der Waals surface area contributed by atoms with Gasteiger partial charge < -0.3 is 5.32 Å². The van der Waals surface area contributed by atoms with Crippen molar-refractivity contribution in [2.75, 3.05) is 18.6 Å². The number of nitrogens with one attached hydrogen (secondary N) is 1. The van der Waals surface area contributed by atoms with Gasteiger partial charge in [-0.2, -0.15) is 11.8 Å². The van der Waals surface area contributed by atoms with Gasteiger partial charge in [0.1, 0.15) is 0 Å². The van der Waals surface area contributed by atoms with Gasteiger partial charge in [0.05, 0.1) is 0 Å². The first kappa shape index (κ1) is 12.3. The molecule has 1 atom stereocenters.